The van der Waals surface area contributed by atoms with Crippen molar-refractivity contribution in [1.29, 1.82) is 0 Å². The third kappa shape index (κ3) is 3.15. The lowest BCUT2D eigenvalue weighted by Gasteiger charge is -2.39. The number of nitrogens with zero attached hydrogens (tertiary/aromatic N) is 2. The molecule has 1 aliphatic heterocycles. The summed E-state index contributed by atoms with van der Waals surface area (Å²) in [5, 5.41) is 3.31. The van der Waals surface area contributed by atoms with Crippen LogP contribution in [0.5, 0.6) is 0 Å². The molecule has 2 heterocycles. The third-order valence-corrected chi connectivity index (χ3v) is 6.61. The lowest BCUT2D eigenvalue weighted by Crippen LogP contribution is -2.47. The van der Waals surface area contributed by atoms with Crippen LogP contribution in [0.1, 0.15) is 43.4 Å². The number of H-pyrrole nitrogens is 1. The fourth-order valence-corrected chi connectivity index (χ4v) is 4.69. The normalized spacial score (nSPS) is 20.4. The first kappa shape index (κ1) is 17.6. The zero-order valence-electron chi connectivity index (χ0n) is 16.0. The summed E-state index contributed by atoms with van der Waals surface area (Å²) in [6, 6.07) is 10.4. The first-order valence-corrected chi connectivity index (χ1v) is 10.3. The summed E-state index contributed by atoms with van der Waals surface area (Å²) in [6.45, 7) is 1.95. The summed E-state index contributed by atoms with van der Waals surface area (Å²) >= 11 is 0. The highest BCUT2D eigenvalue weighted by Crippen LogP contribution is 2.44. The summed E-state index contributed by atoms with van der Waals surface area (Å²) in [5.41, 5.74) is 2.68. The molecule has 6 nitrogen and oxygen atoms in total. The molecule has 1 saturated carbocycles. The summed E-state index contributed by atoms with van der Waals surface area (Å²) in [7, 11) is 0. The van der Waals surface area contributed by atoms with E-state index in [-0.39, 0.29) is 16.9 Å². The number of rotatable bonds is 4. The molecule has 1 spiro atoms. The summed E-state index contributed by atoms with van der Waals surface area (Å²) in [5.74, 6) is 0.849. The fourth-order valence-electron chi connectivity index (χ4n) is 4.69. The van der Waals surface area contributed by atoms with Gasteiger partial charge in [-0.15, -0.1) is 0 Å². The molecule has 1 saturated heterocycles. The van der Waals surface area contributed by atoms with Crippen LogP contribution < -0.4 is 10.9 Å². The SMILES string of the molecule is O=C(CNC1CC1)N1CCC2(CCc3c2nc(-c2ccccc2)[nH]c3=O)CC1. The molecule has 1 aromatic carbocycles. The average Bonchev–Trinajstić information content (AvgIpc) is 3.50. The van der Waals surface area contributed by atoms with Crippen molar-refractivity contribution in [3.8, 4) is 11.4 Å². The molecule has 0 bridgehead atoms. The van der Waals surface area contributed by atoms with Gasteiger partial charge >= 0.3 is 0 Å². The van der Waals surface area contributed by atoms with Crippen molar-refractivity contribution in [2.24, 2.45) is 0 Å². The van der Waals surface area contributed by atoms with Gasteiger partial charge in [-0.1, -0.05) is 30.3 Å². The predicted octanol–water partition coefficient (Wildman–Crippen LogP) is 2.00. The smallest absolute Gasteiger partial charge is 0.254 e. The Labute approximate surface area is 164 Å². The molecule has 0 unspecified atom stereocenters. The second-order valence-corrected chi connectivity index (χ2v) is 8.42. The second-order valence-electron chi connectivity index (χ2n) is 8.42. The lowest BCUT2D eigenvalue weighted by atomic mass is 9.76. The molecule has 28 heavy (non-hydrogen) atoms. The highest BCUT2D eigenvalue weighted by atomic mass is 16.2. The number of carbonyl (C=O) groups excluding carboxylic acids is 1. The minimum Gasteiger partial charge on any atom is -0.342 e. The van der Waals surface area contributed by atoms with Crippen molar-refractivity contribution < 1.29 is 4.79 Å². The number of nitrogens with one attached hydrogen (secondary N) is 2. The van der Waals surface area contributed by atoms with Gasteiger partial charge in [-0.3, -0.25) is 9.59 Å². The quantitative estimate of drug-likeness (QED) is 0.853. The van der Waals surface area contributed by atoms with E-state index in [1.807, 2.05) is 35.2 Å². The number of aromatic nitrogens is 2. The lowest BCUT2D eigenvalue weighted by molar-refractivity contribution is -0.131. The molecule has 146 valence electrons. The molecule has 0 radical (unpaired) electrons. The zero-order chi connectivity index (χ0) is 19.1. The van der Waals surface area contributed by atoms with Crippen LogP contribution in [0.25, 0.3) is 11.4 Å². The van der Waals surface area contributed by atoms with Crippen molar-refractivity contribution in [2.75, 3.05) is 19.6 Å². The molecule has 0 atom stereocenters. The predicted molar refractivity (Wildman–Crippen MR) is 107 cm³/mol. The number of amides is 1. The largest absolute Gasteiger partial charge is 0.342 e. The minimum absolute atomic E-state index is 0.00660. The highest BCUT2D eigenvalue weighted by molar-refractivity contribution is 5.78. The maximum atomic E-state index is 12.7. The number of hydrogen-bond donors (Lipinski definition) is 2. The van der Waals surface area contributed by atoms with E-state index in [1.54, 1.807) is 0 Å². The first-order chi connectivity index (χ1) is 13.6. The molecule has 1 amide bonds. The molecule has 2 fully saturated rings. The van der Waals surface area contributed by atoms with E-state index in [0.29, 0.717) is 18.4 Å². The Hall–Kier alpha value is -2.47. The fraction of sp³-hybridized carbons (Fsp3) is 0.500. The van der Waals surface area contributed by atoms with Crippen LogP contribution in [0.3, 0.4) is 0 Å². The van der Waals surface area contributed by atoms with Gasteiger partial charge in [0.2, 0.25) is 5.91 Å². The van der Waals surface area contributed by atoms with Gasteiger partial charge in [0.15, 0.2) is 0 Å². The number of hydrogen-bond acceptors (Lipinski definition) is 4. The Bertz CT molecular complexity index is 941. The van der Waals surface area contributed by atoms with Gasteiger partial charge in [-0.25, -0.2) is 4.98 Å². The summed E-state index contributed by atoms with van der Waals surface area (Å²) < 4.78 is 0. The van der Waals surface area contributed by atoms with Crippen molar-refractivity contribution in [3.05, 3.63) is 51.9 Å². The van der Waals surface area contributed by atoms with E-state index in [9.17, 15) is 9.59 Å². The number of piperidine rings is 1. The number of aromatic amines is 1. The minimum atomic E-state index is -0.0617. The number of carbonyl (C=O) groups is 1. The van der Waals surface area contributed by atoms with E-state index < -0.39 is 0 Å². The van der Waals surface area contributed by atoms with Gasteiger partial charge in [0.05, 0.1) is 12.2 Å². The zero-order valence-corrected chi connectivity index (χ0v) is 16.0. The van der Waals surface area contributed by atoms with Gasteiger partial charge in [0, 0.05) is 35.7 Å². The Morgan fingerprint density at radius 2 is 1.93 bits per heavy atom. The van der Waals surface area contributed by atoms with Gasteiger partial charge in [0.25, 0.3) is 5.56 Å². The topological polar surface area (TPSA) is 78.1 Å². The molecular weight excluding hydrogens is 352 g/mol. The molecule has 1 aromatic heterocycles. The van der Waals surface area contributed by atoms with Crippen molar-refractivity contribution in [2.45, 2.75) is 50.0 Å². The average molecular weight is 378 g/mol. The van der Waals surface area contributed by atoms with Crippen molar-refractivity contribution in [3.63, 3.8) is 0 Å². The van der Waals surface area contributed by atoms with Crippen LogP contribution in [0.15, 0.2) is 35.1 Å². The van der Waals surface area contributed by atoms with Crippen LogP contribution in [0.4, 0.5) is 0 Å². The van der Waals surface area contributed by atoms with E-state index in [2.05, 4.69) is 10.3 Å². The van der Waals surface area contributed by atoms with Crippen LogP contribution in [-0.2, 0) is 16.6 Å². The number of fused-ring (bicyclic) bond motifs is 2. The molecule has 2 aliphatic carbocycles. The standard InChI is InChI=1S/C22H26N4O2/c27-18(14-23-16-6-7-16)26-12-10-22(11-13-26)9-8-17-19(22)24-20(25-21(17)28)15-4-2-1-3-5-15/h1-5,16,23H,6-14H2,(H,24,25,28). The molecular formula is C22H26N4O2. The monoisotopic (exact) mass is 378 g/mol. The molecule has 2 aromatic rings. The van der Waals surface area contributed by atoms with Crippen LogP contribution in [0, 0.1) is 0 Å². The Kier molecular flexibility index (Phi) is 4.31. The van der Waals surface area contributed by atoms with Crippen molar-refractivity contribution >= 4 is 5.91 Å². The van der Waals surface area contributed by atoms with Crippen molar-refractivity contribution in [1.82, 2.24) is 20.2 Å². The van der Waals surface area contributed by atoms with E-state index in [1.165, 1.54) is 12.8 Å². The Morgan fingerprint density at radius 3 is 2.64 bits per heavy atom. The van der Waals surface area contributed by atoms with Crippen LogP contribution in [0.2, 0.25) is 0 Å². The summed E-state index contributed by atoms with van der Waals surface area (Å²) in [4.78, 5) is 35.0. The Balaban J connectivity index is 1.36. The van der Waals surface area contributed by atoms with E-state index in [0.717, 1.165) is 55.6 Å². The molecule has 2 N–H and O–H groups in total. The maximum Gasteiger partial charge on any atom is 0.254 e. The van der Waals surface area contributed by atoms with Crippen LogP contribution >= 0.6 is 0 Å². The van der Waals surface area contributed by atoms with Gasteiger partial charge in [-0.2, -0.15) is 0 Å². The maximum absolute atomic E-state index is 12.7. The van der Waals surface area contributed by atoms with E-state index >= 15 is 0 Å². The molecule has 3 aliphatic rings. The van der Waals surface area contributed by atoms with Gasteiger partial charge in [0.1, 0.15) is 5.82 Å². The first-order valence-electron chi connectivity index (χ1n) is 10.3. The molecule has 6 heteroatoms. The van der Waals surface area contributed by atoms with Gasteiger partial charge < -0.3 is 15.2 Å². The van der Waals surface area contributed by atoms with E-state index in [4.69, 9.17) is 4.98 Å². The van der Waals surface area contributed by atoms with Crippen LogP contribution in [-0.4, -0.2) is 46.5 Å². The van der Waals surface area contributed by atoms with Gasteiger partial charge in [-0.05, 0) is 38.5 Å². The number of likely N-dealkylation sites (tertiary alicyclic amines) is 1. The third-order valence-electron chi connectivity index (χ3n) is 6.61. The summed E-state index contributed by atoms with van der Waals surface area (Å²) in [6.07, 6.45) is 5.90. The number of benzene rings is 1. The highest BCUT2D eigenvalue weighted by Gasteiger charge is 2.44. The Morgan fingerprint density at radius 1 is 1.18 bits per heavy atom. The molecule has 5 rings (SSSR count). The second kappa shape index (κ2) is 6.85.